The molecule has 1 amide bonds. The summed E-state index contributed by atoms with van der Waals surface area (Å²) < 4.78 is 38.5. The lowest BCUT2D eigenvalue weighted by molar-refractivity contribution is -0.145. The molecule has 4 rings (SSSR count). The van der Waals surface area contributed by atoms with E-state index in [2.05, 4.69) is 17.0 Å². The molecule has 0 bridgehead atoms. The van der Waals surface area contributed by atoms with Crippen LogP contribution in [0.15, 0.2) is 48.5 Å². The van der Waals surface area contributed by atoms with Gasteiger partial charge in [-0.3, -0.25) is 9.69 Å². The van der Waals surface area contributed by atoms with Crippen LogP contribution in [0.2, 0.25) is 0 Å². The SMILES string of the molecule is O=C(C1CN(Cc2ccc(CCc3cccc(C(F)(F)F)c3)cc2)C1)N1CCC1. The number of nitrogens with zero attached hydrogens (tertiary/aromatic N) is 2. The topological polar surface area (TPSA) is 23.6 Å². The van der Waals surface area contributed by atoms with Crippen molar-refractivity contribution >= 4 is 5.91 Å². The molecule has 3 nitrogen and oxygen atoms in total. The van der Waals surface area contributed by atoms with E-state index >= 15 is 0 Å². The molecule has 0 aliphatic carbocycles. The fraction of sp³-hybridized carbons (Fsp3) is 0.435. The van der Waals surface area contributed by atoms with Gasteiger partial charge in [0.05, 0.1) is 11.5 Å². The Morgan fingerprint density at radius 1 is 0.931 bits per heavy atom. The lowest BCUT2D eigenvalue weighted by atomic mass is 9.95. The molecule has 154 valence electrons. The molecular formula is C23H25F3N2O. The first-order chi connectivity index (χ1) is 13.9. The minimum atomic E-state index is -4.30. The van der Waals surface area contributed by atoms with Crippen LogP contribution in [-0.2, 0) is 30.4 Å². The highest BCUT2D eigenvalue weighted by Crippen LogP contribution is 2.30. The number of benzene rings is 2. The van der Waals surface area contributed by atoms with Crippen molar-refractivity contribution in [2.24, 2.45) is 5.92 Å². The van der Waals surface area contributed by atoms with E-state index in [1.165, 1.54) is 17.7 Å². The van der Waals surface area contributed by atoms with Crippen LogP contribution in [0.25, 0.3) is 0 Å². The van der Waals surface area contributed by atoms with Gasteiger partial charge in [-0.25, -0.2) is 0 Å². The fourth-order valence-corrected chi connectivity index (χ4v) is 3.91. The Kier molecular flexibility index (Phi) is 5.63. The van der Waals surface area contributed by atoms with E-state index < -0.39 is 11.7 Å². The Morgan fingerprint density at radius 3 is 2.21 bits per heavy atom. The van der Waals surface area contributed by atoms with E-state index in [-0.39, 0.29) is 5.92 Å². The maximum Gasteiger partial charge on any atom is 0.416 e. The van der Waals surface area contributed by atoms with E-state index in [4.69, 9.17) is 0 Å². The van der Waals surface area contributed by atoms with Crippen LogP contribution in [-0.4, -0.2) is 41.9 Å². The van der Waals surface area contributed by atoms with Crippen molar-refractivity contribution in [1.82, 2.24) is 9.80 Å². The van der Waals surface area contributed by atoms with E-state index in [0.29, 0.717) is 24.3 Å². The highest BCUT2D eigenvalue weighted by atomic mass is 19.4. The quantitative estimate of drug-likeness (QED) is 0.725. The minimum absolute atomic E-state index is 0.155. The van der Waals surface area contributed by atoms with Gasteiger partial charge in [0.2, 0.25) is 5.91 Å². The van der Waals surface area contributed by atoms with Gasteiger partial charge in [0.15, 0.2) is 0 Å². The molecule has 2 fully saturated rings. The van der Waals surface area contributed by atoms with Crippen molar-refractivity contribution in [1.29, 1.82) is 0 Å². The van der Waals surface area contributed by atoms with Crippen LogP contribution in [0.1, 0.15) is 28.7 Å². The van der Waals surface area contributed by atoms with Crippen molar-refractivity contribution < 1.29 is 18.0 Å². The van der Waals surface area contributed by atoms with Gasteiger partial charge in [0.1, 0.15) is 0 Å². The van der Waals surface area contributed by atoms with Crippen molar-refractivity contribution in [2.45, 2.75) is 32.0 Å². The summed E-state index contributed by atoms with van der Waals surface area (Å²) in [6.45, 7) is 4.31. The van der Waals surface area contributed by atoms with Gasteiger partial charge in [0, 0.05) is 32.7 Å². The average molecular weight is 402 g/mol. The molecule has 2 aliphatic rings. The summed E-state index contributed by atoms with van der Waals surface area (Å²) in [5.74, 6) is 0.458. The van der Waals surface area contributed by atoms with Gasteiger partial charge < -0.3 is 4.90 Å². The van der Waals surface area contributed by atoms with Crippen molar-refractivity contribution in [2.75, 3.05) is 26.2 Å². The summed E-state index contributed by atoms with van der Waals surface area (Å²) >= 11 is 0. The Labute approximate surface area is 169 Å². The second-order valence-corrected chi connectivity index (χ2v) is 8.08. The Bertz CT molecular complexity index is 853. The third-order valence-corrected chi connectivity index (χ3v) is 5.86. The standard InChI is InChI=1S/C23H25F3N2O/c24-23(25,26)21-4-1-3-18(13-21)8-5-17-6-9-19(10-7-17)14-27-15-20(16-27)22(29)28-11-2-12-28/h1,3-4,6-7,9-10,13,20H,2,5,8,11-12,14-16H2. The highest BCUT2D eigenvalue weighted by Gasteiger charge is 2.36. The summed E-state index contributed by atoms with van der Waals surface area (Å²) in [6, 6.07) is 13.8. The second-order valence-electron chi connectivity index (χ2n) is 8.08. The van der Waals surface area contributed by atoms with Gasteiger partial charge in [-0.05, 0) is 42.0 Å². The molecular weight excluding hydrogens is 377 g/mol. The number of hydrogen-bond acceptors (Lipinski definition) is 2. The average Bonchev–Trinajstić information content (AvgIpc) is 2.61. The van der Waals surface area contributed by atoms with Crippen molar-refractivity contribution in [3.8, 4) is 0 Å². The lowest BCUT2D eigenvalue weighted by Gasteiger charge is -2.43. The monoisotopic (exact) mass is 402 g/mol. The van der Waals surface area contributed by atoms with Crippen LogP contribution in [0.4, 0.5) is 13.2 Å². The molecule has 2 saturated heterocycles. The van der Waals surface area contributed by atoms with E-state index in [0.717, 1.165) is 50.8 Å². The molecule has 0 saturated carbocycles. The third kappa shape index (κ3) is 4.81. The number of carbonyl (C=O) groups excluding carboxylic acids is 1. The summed E-state index contributed by atoms with van der Waals surface area (Å²) in [6.07, 6.45) is -1.89. The predicted octanol–water partition coefficient (Wildman–Crippen LogP) is 4.15. The largest absolute Gasteiger partial charge is 0.416 e. The van der Waals surface area contributed by atoms with Crippen molar-refractivity contribution in [3.63, 3.8) is 0 Å². The van der Waals surface area contributed by atoms with Crippen LogP contribution < -0.4 is 0 Å². The normalized spacial score (nSPS) is 17.7. The van der Waals surface area contributed by atoms with E-state index in [1.807, 2.05) is 17.0 Å². The first-order valence-corrected chi connectivity index (χ1v) is 10.1. The molecule has 0 aromatic heterocycles. The van der Waals surface area contributed by atoms with E-state index in [9.17, 15) is 18.0 Å². The lowest BCUT2D eigenvalue weighted by Crippen LogP contribution is -2.56. The molecule has 0 radical (unpaired) electrons. The predicted molar refractivity (Wildman–Crippen MR) is 105 cm³/mol. The summed E-state index contributed by atoms with van der Waals surface area (Å²) in [5.41, 5.74) is 2.41. The molecule has 29 heavy (non-hydrogen) atoms. The number of alkyl halides is 3. The number of carbonyl (C=O) groups is 1. The Hall–Kier alpha value is -2.34. The number of halogens is 3. The van der Waals surface area contributed by atoms with Gasteiger partial charge >= 0.3 is 6.18 Å². The summed E-state index contributed by atoms with van der Waals surface area (Å²) in [5, 5.41) is 0. The van der Waals surface area contributed by atoms with Gasteiger partial charge in [0.25, 0.3) is 0 Å². The summed E-state index contributed by atoms with van der Waals surface area (Å²) in [7, 11) is 0. The molecule has 2 aliphatic heterocycles. The zero-order valence-electron chi connectivity index (χ0n) is 16.3. The summed E-state index contributed by atoms with van der Waals surface area (Å²) in [4.78, 5) is 16.4. The highest BCUT2D eigenvalue weighted by molar-refractivity contribution is 5.80. The molecule has 2 aromatic carbocycles. The van der Waals surface area contributed by atoms with Gasteiger partial charge in [-0.15, -0.1) is 0 Å². The number of likely N-dealkylation sites (tertiary alicyclic amines) is 2. The maximum atomic E-state index is 12.8. The Morgan fingerprint density at radius 2 is 1.59 bits per heavy atom. The molecule has 2 heterocycles. The zero-order chi connectivity index (χ0) is 20.4. The molecule has 0 atom stereocenters. The molecule has 6 heteroatoms. The molecule has 0 N–H and O–H groups in total. The van der Waals surface area contributed by atoms with Gasteiger partial charge in [-0.1, -0.05) is 42.5 Å². The minimum Gasteiger partial charge on any atom is -0.342 e. The first-order valence-electron chi connectivity index (χ1n) is 10.1. The van der Waals surface area contributed by atoms with E-state index in [1.54, 1.807) is 6.07 Å². The second kappa shape index (κ2) is 8.19. The number of aryl methyl sites for hydroxylation is 2. The van der Waals surface area contributed by atoms with Crippen LogP contribution in [0, 0.1) is 5.92 Å². The van der Waals surface area contributed by atoms with Crippen LogP contribution in [0.3, 0.4) is 0 Å². The number of rotatable bonds is 6. The molecule has 0 unspecified atom stereocenters. The fourth-order valence-electron chi connectivity index (χ4n) is 3.91. The molecule has 0 spiro atoms. The smallest absolute Gasteiger partial charge is 0.342 e. The Balaban J connectivity index is 1.24. The number of amides is 1. The molecule has 2 aromatic rings. The first kappa shape index (κ1) is 20.0. The van der Waals surface area contributed by atoms with Gasteiger partial charge in [-0.2, -0.15) is 13.2 Å². The maximum absolute atomic E-state index is 12.8. The zero-order valence-corrected chi connectivity index (χ0v) is 16.3. The third-order valence-electron chi connectivity index (χ3n) is 5.86. The number of hydrogen-bond donors (Lipinski definition) is 0. The van der Waals surface area contributed by atoms with Crippen LogP contribution >= 0.6 is 0 Å². The van der Waals surface area contributed by atoms with Crippen molar-refractivity contribution in [3.05, 3.63) is 70.8 Å². The van der Waals surface area contributed by atoms with Crippen LogP contribution in [0.5, 0.6) is 0 Å².